The molecule has 1 N–H and O–H groups in total. The molecule has 0 fully saturated rings. The molecule has 2 nitrogen and oxygen atoms in total. The van der Waals surface area contributed by atoms with Gasteiger partial charge in [0.1, 0.15) is 11.5 Å². The van der Waals surface area contributed by atoms with Crippen LogP contribution in [0.1, 0.15) is 12.5 Å². The van der Waals surface area contributed by atoms with Crippen molar-refractivity contribution in [1.29, 1.82) is 0 Å². The number of benzene rings is 2. The van der Waals surface area contributed by atoms with E-state index in [9.17, 15) is 0 Å². The fourth-order valence-corrected chi connectivity index (χ4v) is 2.56. The van der Waals surface area contributed by atoms with Crippen LogP contribution in [-0.4, -0.2) is 18.1 Å². The number of nitrogens with one attached hydrogen (secondary N) is 1. The largest absolute Gasteiger partial charge is 0.457 e. The highest BCUT2D eigenvalue weighted by atomic mass is 32.2. The number of hydrogen-bond acceptors (Lipinski definition) is 3. The molecule has 3 heteroatoms. The van der Waals surface area contributed by atoms with Crippen molar-refractivity contribution < 1.29 is 4.74 Å². The average molecular weight is 287 g/mol. The number of thioether (sulfide) groups is 1. The summed E-state index contributed by atoms with van der Waals surface area (Å²) in [5.41, 5.74) is 1.24. The molecule has 20 heavy (non-hydrogen) atoms. The Hall–Kier alpha value is -1.45. The lowest BCUT2D eigenvalue weighted by Gasteiger charge is -2.13. The predicted molar refractivity (Wildman–Crippen MR) is 87.6 cm³/mol. The molecule has 0 saturated carbocycles. The van der Waals surface area contributed by atoms with Crippen molar-refractivity contribution in [2.24, 2.45) is 0 Å². The number of rotatable bonds is 7. The third kappa shape index (κ3) is 4.91. The molecule has 0 heterocycles. The molecule has 1 unspecified atom stereocenters. The van der Waals surface area contributed by atoms with Gasteiger partial charge in [-0.05, 0) is 43.0 Å². The van der Waals surface area contributed by atoms with Gasteiger partial charge in [-0.2, -0.15) is 11.8 Å². The number of hydrogen-bond donors (Lipinski definition) is 1. The fourth-order valence-electron chi connectivity index (χ4n) is 1.94. The lowest BCUT2D eigenvalue weighted by molar-refractivity contribution is 0.481. The monoisotopic (exact) mass is 287 g/mol. The summed E-state index contributed by atoms with van der Waals surface area (Å²) in [6.07, 6.45) is 2.13. The van der Waals surface area contributed by atoms with Crippen LogP contribution in [-0.2, 0) is 6.54 Å². The Balaban J connectivity index is 1.94. The summed E-state index contributed by atoms with van der Waals surface area (Å²) < 4.78 is 5.84. The first-order chi connectivity index (χ1) is 9.78. The van der Waals surface area contributed by atoms with Gasteiger partial charge in [-0.1, -0.05) is 30.3 Å². The van der Waals surface area contributed by atoms with Crippen molar-refractivity contribution in [2.75, 3.05) is 12.0 Å². The van der Waals surface area contributed by atoms with Crippen LogP contribution in [0, 0.1) is 0 Å². The molecule has 0 radical (unpaired) electrons. The second-order valence-corrected chi connectivity index (χ2v) is 5.71. The van der Waals surface area contributed by atoms with Crippen molar-refractivity contribution in [2.45, 2.75) is 19.5 Å². The van der Waals surface area contributed by atoms with Crippen LogP contribution in [0.3, 0.4) is 0 Å². The van der Waals surface area contributed by atoms with Crippen molar-refractivity contribution in [3.8, 4) is 11.5 Å². The SMILES string of the molecule is CSCC(C)NCc1cccc(Oc2ccccc2)c1. The molecule has 2 aromatic rings. The van der Waals surface area contributed by atoms with Gasteiger partial charge in [0.05, 0.1) is 0 Å². The van der Waals surface area contributed by atoms with E-state index in [1.54, 1.807) is 0 Å². The first-order valence-corrected chi connectivity index (χ1v) is 8.21. The summed E-state index contributed by atoms with van der Waals surface area (Å²) in [7, 11) is 0. The Morgan fingerprint density at radius 3 is 2.55 bits per heavy atom. The predicted octanol–water partition coefficient (Wildman–Crippen LogP) is 4.32. The summed E-state index contributed by atoms with van der Waals surface area (Å²) in [5, 5.41) is 3.51. The zero-order valence-corrected chi connectivity index (χ0v) is 12.8. The minimum atomic E-state index is 0.517. The average Bonchev–Trinajstić information content (AvgIpc) is 2.47. The van der Waals surface area contributed by atoms with Gasteiger partial charge in [0.2, 0.25) is 0 Å². The first-order valence-electron chi connectivity index (χ1n) is 6.82. The Morgan fingerprint density at radius 2 is 1.80 bits per heavy atom. The molecule has 0 spiro atoms. The van der Waals surface area contributed by atoms with E-state index < -0.39 is 0 Å². The van der Waals surface area contributed by atoms with Crippen molar-refractivity contribution in [1.82, 2.24) is 5.32 Å². The van der Waals surface area contributed by atoms with Crippen LogP contribution < -0.4 is 10.1 Å². The molecule has 0 aliphatic heterocycles. The third-order valence-electron chi connectivity index (χ3n) is 2.95. The molecule has 0 aliphatic rings. The molecule has 0 aliphatic carbocycles. The van der Waals surface area contributed by atoms with E-state index in [0.29, 0.717) is 6.04 Å². The van der Waals surface area contributed by atoms with Gasteiger partial charge in [-0.3, -0.25) is 0 Å². The Morgan fingerprint density at radius 1 is 1.05 bits per heavy atom. The molecular weight excluding hydrogens is 266 g/mol. The van der Waals surface area contributed by atoms with Gasteiger partial charge in [0.15, 0.2) is 0 Å². The molecule has 0 bridgehead atoms. The summed E-state index contributed by atoms with van der Waals surface area (Å²) in [4.78, 5) is 0. The zero-order chi connectivity index (χ0) is 14.2. The quantitative estimate of drug-likeness (QED) is 0.819. The highest BCUT2D eigenvalue weighted by Crippen LogP contribution is 2.21. The van der Waals surface area contributed by atoms with E-state index in [2.05, 4.69) is 30.6 Å². The van der Waals surface area contributed by atoms with Crippen LogP contribution in [0.2, 0.25) is 0 Å². The minimum absolute atomic E-state index is 0.517. The minimum Gasteiger partial charge on any atom is -0.457 e. The normalized spacial score (nSPS) is 12.1. The maximum atomic E-state index is 5.84. The molecule has 2 aromatic carbocycles. The topological polar surface area (TPSA) is 21.3 Å². The molecule has 1 atom stereocenters. The second-order valence-electron chi connectivity index (χ2n) is 4.80. The lowest BCUT2D eigenvalue weighted by atomic mass is 10.2. The molecule has 106 valence electrons. The number of para-hydroxylation sites is 1. The summed E-state index contributed by atoms with van der Waals surface area (Å²) in [6, 6.07) is 18.6. The van der Waals surface area contributed by atoms with Crippen molar-refractivity contribution in [3.05, 3.63) is 60.2 Å². The van der Waals surface area contributed by atoms with Crippen LogP contribution in [0.5, 0.6) is 11.5 Å². The number of ether oxygens (including phenoxy) is 1. The van der Waals surface area contributed by atoms with Gasteiger partial charge >= 0.3 is 0 Å². The summed E-state index contributed by atoms with van der Waals surface area (Å²) in [6.45, 7) is 3.08. The summed E-state index contributed by atoms with van der Waals surface area (Å²) in [5.74, 6) is 2.88. The highest BCUT2D eigenvalue weighted by Gasteiger charge is 2.02. The maximum absolute atomic E-state index is 5.84. The van der Waals surface area contributed by atoms with Crippen molar-refractivity contribution >= 4 is 11.8 Å². The van der Waals surface area contributed by atoms with Gasteiger partial charge in [0.25, 0.3) is 0 Å². The molecule has 0 saturated heterocycles. The van der Waals surface area contributed by atoms with Gasteiger partial charge in [-0.25, -0.2) is 0 Å². The molecular formula is C17H21NOS. The van der Waals surface area contributed by atoms with E-state index in [1.165, 1.54) is 5.56 Å². The Kier molecular flexibility index (Phi) is 5.96. The van der Waals surface area contributed by atoms with Crippen LogP contribution in [0.4, 0.5) is 0 Å². The molecule has 0 amide bonds. The first kappa shape index (κ1) is 14.9. The molecule has 2 rings (SSSR count). The highest BCUT2D eigenvalue weighted by molar-refractivity contribution is 7.98. The Bertz CT molecular complexity index is 515. The molecule has 0 aromatic heterocycles. The second kappa shape index (κ2) is 7.98. The van der Waals surface area contributed by atoms with E-state index in [4.69, 9.17) is 4.74 Å². The fraction of sp³-hybridized carbons (Fsp3) is 0.294. The smallest absolute Gasteiger partial charge is 0.127 e. The standard InChI is InChI=1S/C17H21NOS/c1-14(13-20-2)18-12-15-7-6-10-17(11-15)19-16-8-4-3-5-9-16/h3-11,14,18H,12-13H2,1-2H3. The van der Waals surface area contributed by atoms with Crippen LogP contribution in [0.25, 0.3) is 0 Å². The van der Waals surface area contributed by atoms with Crippen molar-refractivity contribution in [3.63, 3.8) is 0 Å². The maximum Gasteiger partial charge on any atom is 0.127 e. The third-order valence-corrected chi connectivity index (χ3v) is 3.78. The van der Waals surface area contributed by atoms with E-state index in [-0.39, 0.29) is 0 Å². The van der Waals surface area contributed by atoms with Gasteiger partial charge in [0, 0.05) is 18.3 Å². The van der Waals surface area contributed by atoms with Crippen LogP contribution >= 0.6 is 11.8 Å². The van der Waals surface area contributed by atoms with Crippen LogP contribution in [0.15, 0.2) is 54.6 Å². The van der Waals surface area contributed by atoms with Gasteiger partial charge in [-0.15, -0.1) is 0 Å². The van der Waals surface area contributed by atoms with E-state index in [1.807, 2.05) is 54.2 Å². The lowest BCUT2D eigenvalue weighted by Crippen LogP contribution is -2.27. The zero-order valence-electron chi connectivity index (χ0n) is 12.0. The van der Waals surface area contributed by atoms with E-state index >= 15 is 0 Å². The van der Waals surface area contributed by atoms with Gasteiger partial charge < -0.3 is 10.1 Å². The van der Waals surface area contributed by atoms with E-state index in [0.717, 1.165) is 23.8 Å². The summed E-state index contributed by atoms with van der Waals surface area (Å²) >= 11 is 1.86. The Labute approximate surface area is 125 Å².